The van der Waals surface area contributed by atoms with Crippen LogP contribution < -0.4 is 19.7 Å². The normalized spacial score (nSPS) is 16.8. The van der Waals surface area contributed by atoms with Crippen LogP contribution in [0.5, 0.6) is 11.5 Å². The van der Waals surface area contributed by atoms with Gasteiger partial charge in [-0.1, -0.05) is 0 Å². The molecule has 2 N–H and O–H groups in total. The minimum absolute atomic E-state index is 0.0463. The van der Waals surface area contributed by atoms with Crippen LogP contribution in [0.1, 0.15) is 12.8 Å². The molecule has 1 saturated heterocycles. The second-order valence-corrected chi connectivity index (χ2v) is 5.38. The molecule has 0 bridgehead atoms. The van der Waals surface area contributed by atoms with E-state index < -0.39 is 11.9 Å². The molecule has 1 unspecified atom stereocenters. The first-order chi connectivity index (χ1) is 11.5. The van der Waals surface area contributed by atoms with Crippen LogP contribution in [0.3, 0.4) is 0 Å². The number of rotatable bonds is 7. The molecular weight excluding hydrogens is 316 g/mol. The molecule has 1 heterocycles. The molecule has 0 saturated carbocycles. The lowest BCUT2D eigenvalue weighted by molar-refractivity contribution is -0.137. The fourth-order valence-corrected chi connectivity index (χ4v) is 2.56. The minimum atomic E-state index is -0.984. The Morgan fingerprint density at radius 3 is 2.71 bits per heavy atom. The predicted octanol–water partition coefficient (Wildman–Crippen LogP) is 0.648. The maximum Gasteiger partial charge on any atom is 0.305 e. The maximum absolute atomic E-state index is 12.3. The first-order valence-corrected chi connectivity index (χ1v) is 7.48. The zero-order valence-electron chi connectivity index (χ0n) is 13.6. The van der Waals surface area contributed by atoms with Gasteiger partial charge in [-0.25, -0.2) is 0 Å². The van der Waals surface area contributed by atoms with E-state index in [0.717, 1.165) is 0 Å². The van der Waals surface area contributed by atoms with Gasteiger partial charge in [0, 0.05) is 25.6 Å². The zero-order chi connectivity index (χ0) is 17.7. The van der Waals surface area contributed by atoms with Crippen LogP contribution in [0.2, 0.25) is 0 Å². The number of anilines is 1. The van der Waals surface area contributed by atoms with Crippen LogP contribution in [-0.4, -0.2) is 50.2 Å². The summed E-state index contributed by atoms with van der Waals surface area (Å²) >= 11 is 0. The molecule has 0 aliphatic carbocycles. The van der Waals surface area contributed by atoms with E-state index in [4.69, 9.17) is 14.6 Å². The molecule has 1 aromatic carbocycles. The lowest BCUT2D eigenvalue weighted by atomic mass is 10.1. The first-order valence-electron chi connectivity index (χ1n) is 7.48. The topological polar surface area (TPSA) is 105 Å². The molecule has 0 aromatic heterocycles. The van der Waals surface area contributed by atoms with Crippen molar-refractivity contribution >= 4 is 23.5 Å². The van der Waals surface area contributed by atoms with Gasteiger partial charge in [0.2, 0.25) is 11.8 Å². The number of benzene rings is 1. The van der Waals surface area contributed by atoms with E-state index in [9.17, 15) is 14.4 Å². The summed E-state index contributed by atoms with van der Waals surface area (Å²) in [6, 6.07) is 5.09. The molecule has 8 heteroatoms. The summed E-state index contributed by atoms with van der Waals surface area (Å²) in [5.41, 5.74) is 0.573. The second kappa shape index (κ2) is 7.67. The second-order valence-electron chi connectivity index (χ2n) is 5.38. The highest BCUT2D eigenvalue weighted by Gasteiger charge is 2.36. The summed E-state index contributed by atoms with van der Waals surface area (Å²) in [5.74, 6) is -0.920. The molecule has 1 aliphatic rings. The number of carbonyl (C=O) groups is 3. The largest absolute Gasteiger partial charge is 0.497 e. The summed E-state index contributed by atoms with van der Waals surface area (Å²) < 4.78 is 10.4. The van der Waals surface area contributed by atoms with Gasteiger partial charge in [0.15, 0.2) is 0 Å². The Labute approximate surface area is 139 Å². The highest BCUT2D eigenvalue weighted by molar-refractivity contribution is 6.01. The number of nitrogens with zero attached hydrogens (tertiary/aromatic N) is 1. The molecule has 1 atom stereocenters. The summed E-state index contributed by atoms with van der Waals surface area (Å²) in [6.45, 7) is 0.269. The van der Waals surface area contributed by atoms with E-state index in [1.54, 1.807) is 18.2 Å². The number of nitrogens with one attached hydrogen (secondary N) is 1. The van der Waals surface area contributed by atoms with Crippen molar-refractivity contribution in [2.75, 3.05) is 32.2 Å². The lowest BCUT2D eigenvalue weighted by Crippen LogP contribution is -2.34. The van der Waals surface area contributed by atoms with Gasteiger partial charge in [0.25, 0.3) is 0 Å². The van der Waals surface area contributed by atoms with E-state index in [0.29, 0.717) is 17.2 Å². The van der Waals surface area contributed by atoms with Crippen LogP contribution in [-0.2, 0) is 14.4 Å². The SMILES string of the molecule is COc1ccc(N2CC(C(=O)NCCC(=O)O)CC2=O)c(OC)c1. The monoisotopic (exact) mass is 336 g/mol. The van der Waals surface area contributed by atoms with Crippen LogP contribution in [0.4, 0.5) is 5.69 Å². The van der Waals surface area contributed by atoms with E-state index in [-0.39, 0.29) is 37.7 Å². The zero-order valence-corrected chi connectivity index (χ0v) is 13.6. The number of methoxy groups -OCH3 is 2. The fraction of sp³-hybridized carbons (Fsp3) is 0.438. The van der Waals surface area contributed by atoms with Gasteiger partial charge in [-0.3, -0.25) is 14.4 Å². The van der Waals surface area contributed by atoms with Crippen LogP contribution in [0, 0.1) is 5.92 Å². The van der Waals surface area contributed by atoms with Crippen LogP contribution in [0.25, 0.3) is 0 Å². The van der Waals surface area contributed by atoms with Gasteiger partial charge in [-0.2, -0.15) is 0 Å². The maximum atomic E-state index is 12.3. The number of aliphatic carboxylic acids is 1. The van der Waals surface area contributed by atoms with E-state index in [1.807, 2.05) is 0 Å². The smallest absolute Gasteiger partial charge is 0.305 e. The van der Waals surface area contributed by atoms with E-state index in [2.05, 4.69) is 5.32 Å². The minimum Gasteiger partial charge on any atom is -0.497 e. The Kier molecular flexibility index (Phi) is 5.62. The van der Waals surface area contributed by atoms with Crippen molar-refractivity contribution in [2.24, 2.45) is 5.92 Å². The van der Waals surface area contributed by atoms with Gasteiger partial charge in [-0.15, -0.1) is 0 Å². The Bertz CT molecular complexity index is 645. The Morgan fingerprint density at radius 1 is 1.33 bits per heavy atom. The quantitative estimate of drug-likeness (QED) is 0.757. The van der Waals surface area contributed by atoms with Crippen molar-refractivity contribution in [3.05, 3.63) is 18.2 Å². The molecule has 2 rings (SSSR count). The number of carboxylic acid groups (broad SMARTS) is 1. The van der Waals surface area contributed by atoms with Crippen molar-refractivity contribution in [1.29, 1.82) is 0 Å². The van der Waals surface area contributed by atoms with Gasteiger partial charge in [-0.05, 0) is 12.1 Å². The molecular formula is C16H20N2O6. The number of amides is 2. The predicted molar refractivity (Wildman–Crippen MR) is 85.3 cm³/mol. The molecule has 24 heavy (non-hydrogen) atoms. The first kappa shape index (κ1) is 17.6. The number of carboxylic acids is 1. The number of ether oxygens (including phenoxy) is 2. The van der Waals surface area contributed by atoms with Gasteiger partial charge < -0.3 is 24.8 Å². The molecule has 1 fully saturated rings. The molecule has 0 radical (unpaired) electrons. The number of hydrogen-bond donors (Lipinski definition) is 2. The standard InChI is InChI=1S/C16H20N2O6/c1-23-11-3-4-12(13(8-11)24-2)18-9-10(7-14(18)19)16(22)17-6-5-15(20)21/h3-4,8,10H,5-7,9H2,1-2H3,(H,17,22)(H,20,21). The average Bonchev–Trinajstić information content (AvgIpc) is 2.95. The van der Waals surface area contributed by atoms with Crippen LogP contribution in [0.15, 0.2) is 18.2 Å². The highest BCUT2D eigenvalue weighted by atomic mass is 16.5. The molecule has 0 spiro atoms. The summed E-state index contributed by atoms with van der Waals surface area (Å²) in [4.78, 5) is 36.3. The molecule has 1 aromatic rings. The van der Waals surface area contributed by atoms with Crippen molar-refractivity contribution in [1.82, 2.24) is 5.32 Å². The summed E-state index contributed by atoms with van der Waals surface area (Å²) in [6.07, 6.45) is -0.0729. The number of hydrogen-bond acceptors (Lipinski definition) is 5. The summed E-state index contributed by atoms with van der Waals surface area (Å²) in [5, 5.41) is 11.1. The third kappa shape index (κ3) is 3.95. The van der Waals surface area contributed by atoms with Gasteiger partial charge in [0.1, 0.15) is 11.5 Å². The van der Waals surface area contributed by atoms with Gasteiger partial charge >= 0.3 is 5.97 Å². The highest BCUT2D eigenvalue weighted by Crippen LogP contribution is 2.35. The number of carbonyl (C=O) groups excluding carboxylic acids is 2. The van der Waals surface area contributed by atoms with Gasteiger partial charge in [0.05, 0.1) is 32.2 Å². The molecule has 2 amide bonds. The van der Waals surface area contributed by atoms with Crippen molar-refractivity contribution < 1.29 is 29.0 Å². The molecule has 8 nitrogen and oxygen atoms in total. The Balaban J connectivity index is 2.07. The van der Waals surface area contributed by atoms with Crippen LogP contribution >= 0.6 is 0 Å². The molecule has 1 aliphatic heterocycles. The third-order valence-electron chi connectivity index (χ3n) is 3.81. The van der Waals surface area contributed by atoms with E-state index >= 15 is 0 Å². The third-order valence-corrected chi connectivity index (χ3v) is 3.81. The summed E-state index contributed by atoms with van der Waals surface area (Å²) in [7, 11) is 3.03. The van der Waals surface area contributed by atoms with Crippen molar-refractivity contribution in [3.8, 4) is 11.5 Å². The fourth-order valence-electron chi connectivity index (χ4n) is 2.56. The molecule has 130 valence electrons. The van der Waals surface area contributed by atoms with Crippen molar-refractivity contribution in [2.45, 2.75) is 12.8 Å². The Hall–Kier alpha value is -2.77. The lowest BCUT2D eigenvalue weighted by Gasteiger charge is -2.20. The van der Waals surface area contributed by atoms with Crippen molar-refractivity contribution in [3.63, 3.8) is 0 Å². The van der Waals surface area contributed by atoms with E-state index in [1.165, 1.54) is 19.1 Å². The Morgan fingerprint density at radius 2 is 2.08 bits per heavy atom. The average molecular weight is 336 g/mol.